The number of hydrogen-bond acceptors (Lipinski definition) is 5. The first-order valence-electron chi connectivity index (χ1n) is 8.82. The van der Waals surface area contributed by atoms with Crippen LogP contribution in [0.5, 0.6) is 11.5 Å². The van der Waals surface area contributed by atoms with Crippen LogP contribution in [0.2, 0.25) is 5.02 Å². The first-order valence-corrected chi connectivity index (χ1v) is 10.0. The fourth-order valence-electron chi connectivity index (χ4n) is 2.79. The van der Waals surface area contributed by atoms with Crippen molar-refractivity contribution >= 4 is 45.1 Å². The van der Waals surface area contributed by atoms with Crippen molar-refractivity contribution in [3.8, 4) is 11.5 Å². The van der Waals surface area contributed by atoms with E-state index in [4.69, 9.17) is 25.8 Å². The van der Waals surface area contributed by atoms with Gasteiger partial charge in [0.15, 0.2) is 16.3 Å². The summed E-state index contributed by atoms with van der Waals surface area (Å²) in [7, 11) is 4.78. The SMILES string of the molecule is COCCn1c(=NC(=O)/C=C\c2ccc(OC)c(OC)c2)sc2cc(Cl)ccc21. The number of nitrogens with zero attached hydrogens (tertiary/aromatic N) is 2. The molecule has 3 rings (SSSR count). The zero-order valence-corrected chi connectivity index (χ0v) is 17.9. The Morgan fingerprint density at radius 2 is 1.93 bits per heavy atom. The van der Waals surface area contributed by atoms with Crippen LogP contribution in [-0.4, -0.2) is 38.4 Å². The van der Waals surface area contributed by atoms with E-state index in [1.807, 2.05) is 28.8 Å². The number of thiazole rings is 1. The van der Waals surface area contributed by atoms with Gasteiger partial charge in [-0.3, -0.25) is 4.79 Å². The van der Waals surface area contributed by atoms with Crippen molar-refractivity contribution in [2.45, 2.75) is 6.54 Å². The van der Waals surface area contributed by atoms with Crippen molar-refractivity contribution in [1.29, 1.82) is 0 Å². The Labute approximate surface area is 177 Å². The molecule has 0 saturated heterocycles. The summed E-state index contributed by atoms with van der Waals surface area (Å²) in [4.78, 5) is 17.3. The Bertz CT molecular complexity index is 1120. The number of amides is 1. The lowest BCUT2D eigenvalue weighted by atomic mass is 10.2. The molecule has 0 aliphatic heterocycles. The van der Waals surface area contributed by atoms with Gasteiger partial charge in [-0.15, -0.1) is 0 Å². The van der Waals surface area contributed by atoms with Crippen LogP contribution in [0, 0.1) is 0 Å². The second-order valence-electron chi connectivity index (χ2n) is 6.04. The van der Waals surface area contributed by atoms with E-state index in [2.05, 4.69) is 4.99 Å². The van der Waals surface area contributed by atoms with Crippen molar-refractivity contribution in [3.05, 3.63) is 57.9 Å². The van der Waals surface area contributed by atoms with Gasteiger partial charge in [-0.05, 0) is 42.0 Å². The number of rotatable bonds is 7. The number of benzene rings is 2. The average Bonchev–Trinajstić information content (AvgIpc) is 3.06. The summed E-state index contributed by atoms with van der Waals surface area (Å²) in [5.41, 5.74) is 1.77. The monoisotopic (exact) mass is 432 g/mol. The van der Waals surface area contributed by atoms with E-state index < -0.39 is 0 Å². The number of aromatic nitrogens is 1. The maximum Gasteiger partial charge on any atom is 0.272 e. The minimum Gasteiger partial charge on any atom is -0.493 e. The molecule has 0 aliphatic carbocycles. The van der Waals surface area contributed by atoms with E-state index in [-0.39, 0.29) is 5.91 Å². The quantitative estimate of drug-likeness (QED) is 0.526. The Hall–Kier alpha value is -2.61. The summed E-state index contributed by atoms with van der Waals surface area (Å²) in [5.74, 6) is 0.866. The van der Waals surface area contributed by atoms with Crippen molar-refractivity contribution in [2.24, 2.45) is 4.99 Å². The van der Waals surface area contributed by atoms with Crippen LogP contribution < -0.4 is 14.3 Å². The van der Waals surface area contributed by atoms with Crippen LogP contribution in [0.4, 0.5) is 0 Å². The molecule has 29 heavy (non-hydrogen) atoms. The lowest BCUT2D eigenvalue weighted by molar-refractivity contribution is -0.113. The number of methoxy groups -OCH3 is 3. The summed E-state index contributed by atoms with van der Waals surface area (Å²) < 4.78 is 18.6. The molecule has 3 aromatic rings. The fraction of sp³-hybridized carbons (Fsp3) is 0.238. The van der Waals surface area contributed by atoms with Crippen LogP contribution in [0.15, 0.2) is 47.5 Å². The molecule has 1 heterocycles. The third-order valence-electron chi connectivity index (χ3n) is 4.20. The molecule has 1 amide bonds. The van der Waals surface area contributed by atoms with Gasteiger partial charge in [0, 0.05) is 24.8 Å². The predicted molar refractivity (Wildman–Crippen MR) is 116 cm³/mol. The molecule has 0 N–H and O–H groups in total. The Morgan fingerprint density at radius 3 is 2.66 bits per heavy atom. The van der Waals surface area contributed by atoms with Gasteiger partial charge in [-0.1, -0.05) is 29.0 Å². The Balaban J connectivity index is 1.92. The fourth-order valence-corrected chi connectivity index (χ4v) is 4.12. The molecule has 0 bridgehead atoms. The molecule has 0 saturated carbocycles. The Kier molecular flexibility index (Phi) is 7.09. The minimum absolute atomic E-state index is 0.358. The second kappa shape index (κ2) is 9.73. The van der Waals surface area contributed by atoms with Gasteiger partial charge < -0.3 is 18.8 Å². The maximum absolute atomic E-state index is 12.5. The molecule has 1 aromatic heterocycles. The van der Waals surface area contributed by atoms with Gasteiger partial charge in [-0.25, -0.2) is 0 Å². The number of carbonyl (C=O) groups is 1. The number of carbonyl (C=O) groups excluding carboxylic acids is 1. The molecule has 8 heteroatoms. The van der Waals surface area contributed by atoms with Crippen molar-refractivity contribution in [1.82, 2.24) is 4.57 Å². The smallest absolute Gasteiger partial charge is 0.272 e. The topological polar surface area (TPSA) is 62.1 Å². The maximum atomic E-state index is 12.5. The third-order valence-corrected chi connectivity index (χ3v) is 5.47. The van der Waals surface area contributed by atoms with E-state index in [0.717, 1.165) is 15.8 Å². The first-order chi connectivity index (χ1) is 14.0. The van der Waals surface area contributed by atoms with Crippen LogP contribution in [0.25, 0.3) is 16.3 Å². The standard InChI is InChI=1S/C21H21ClN2O4S/c1-26-11-10-24-16-7-6-15(22)13-19(16)29-21(24)23-20(25)9-5-14-4-8-17(27-2)18(12-14)28-3/h4-9,12-13H,10-11H2,1-3H3/b9-5-,23-21?. The van der Waals surface area contributed by atoms with Crippen LogP contribution >= 0.6 is 22.9 Å². The third kappa shape index (κ3) is 5.06. The van der Waals surface area contributed by atoms with E-state index in [1.54, 1.807) is 39.5 Å². The van der Waals surface area contributed by atoms with E-state index >= 15 is 0 Å². The van der Waals surface area contributed by atoms with Crippen LogP contribution in [0.3, 0.4) is 0 Å². The van der Waals surface area contributed by atoms with Crippen molar-refractivity contribution in [3.63, 3.8) is 0 Å². The largest absolute Gasteiger partial charge is 0.493 e. The molecule has 0 spiro atoms. The normalized spacial score (nSPS) is 12.1. The molecule has 2 aromatic carbocycles. The lowest BCUT2D eigenvalue weighted by Crippen LogP contribution is -2.18. The van der Waals surface area contributed by atoms with E-state index in [9.17, 15) is 4.79 Å². The predicted octanol–water partition coefficient (Wildman–Crippen LogP) is 4.16. The molecule has 0 atom stereocenters. The van der Waals surface area contributed by atoms with Gasteiger partial charge in [0.1, 0.15) is 0 Å². The summed E-state index contributed by atoms with van der Waals surface area (Å²) >= 11 is 7.51. The van der Waals surface area contributed by atoms with Gasteiger partial charge in [0.25, 0.3) is 5.91 Å². The van der Waals surface area contributed by atoms with Gasteiger partial charge in [0.2, 0.25) is 0 Å². The zero-order chi connectivity index (χ0) is 20.8. The highest BCUT2D eigenvalue weighted by Gasteiger charge is 2.08. The van der Waals surface area contributed by atoms with Gasteiger partial charge in [0.05, 0.1) is 31.0 Å². The van der Waals surface area contributed by atoms with Crippen LogP contribution in [0.1, 0.15) is 5.56 Å². The molecule has 0 fully saturated rings. The van der Waals surface area contributed by atoms with Crippen molar-refractivity contribution < 1.29 is 19.0 Å². The molecule has 152 valence electrons. The molecule has 0 unspecified atom stereocenters. The van der Waals surface area contributed by atoms with Gasteiger partial charge >= 0.3 is 0 Å². The second-order valence-corrected chi connectivity index (χ2v) is 7.48. The highest BCUT2D eigenvalue weighted by molar-refractivity contribution is 7.16. The summed E-state index contributed by atoms with van der Waals surface area (Å²) in [6.07, 6.45) is 3.12. The number of fused-ring (bicyclic) bond motifs is 1. The lowest BCUT2D eigenvalue weighted by Gasteiger charge is -2.07. The van der Waals surface area contributed by atoms with E-state index in [0.29, 0.717) is 34.5 Å². The van der Waals surface area contributed by atoms with Gasteiger partial charge in [-0.2, -0.15) is 4.99 Å². The summed E-state index contributed by atoms with van der Waals surface area (Å²) in [6, 6.07) is 11.0. The minimum atomic E-state index is -0.358. The van der Waals surface area contributed by atoms with Crippen LogP contribution in [-0.2, 0) is 16.1 Å². The molecule has 0 radical (unpaired) electrons. The number of hydrogen-bond donors (Lipinski definition) is 0. The van der Waals surface area contributed by atoms with Crippen molar-refractivity contribution in [2.75, 3.05) is 27.9 Å². The van der Waals surface area contributed by atoms with E-state index in [1.165, 1.54) is 17.4 Å². The first kappa shape index (κ1) is 21.1. The molecular weight excluding hydrogens is 412 g/mol. The highest BCUT2D eigenvalue weighted by Crippen LogP contribution is 2.28. The zero-order valence-electron chi connectivity index (χ0n) is 16.3. The number of ether oxygens (including phenoxy) is 3. The highest BCUT2D eigenvalue weighted by atomic mass is 35.5. The number of halogens is 1. The molecule has 0 aliphatic rings. The molecular formula is C21H21ClN2O4S. The summed E-state index contributed by atoms with van der Waals surface area (Å²) in [5, 5.41) is 0.642. The Morgan fingerprint density at radius 1 is 1.14 bits per heavy atom. The molecule has 6 nitrogen and oxygen atoms in total. The average molecular weight is 433 g/mol. The summed E-state index contributed by atoms with van der Waals surface area (Å²) in [6.45, 7) is 1.10.